The number of rotatable bonds is 4. The van der Waals surface area contributed by atoms with Crippen LogP contribution in [0.1, 0.15) is 48.8 Å². The third-order valence-corrected chi connectivity index (χ3v) is 6.11. The highest BCUT2D eigenvalue weighted by molar-refractivity contribution is 5.79. The van der Waals surface area contributed by atoms with E-state index in [0.29, 0.717) is 19.5 Å². The van der Waals surface area contributed by atoms with Gasteiger partial charge in [0.1, 0.15) is 0 Å². The van der Waals surface area contributed by atoms with Crippen LogP contribution >= 0.6 is 0 Å². The maximum absolute atomic E-state index is 12.7. The molecule has 0 aromatic heterocycles. The van der Waals surface area contributed by atoms with E-state index in [-0.39, 0.29) is 17.2 Å². The molecule has 138 valence electrons. The number of benzene rings is 1. The van der Waals surface area contributed by atoms with Gasteiger partial charge in [0.15, 0.2) is 0 Å². The summed E-state index contributed by atoms with van der Waals surface area (Å²) in [6.07, 6.45) is 4.86. The minimum atomic E-state index is -0.517. The molecule has 3 rings (SSSR count). The number of carbonyl (C=O) groups is 1. The highest BCUT2D eigenvalue weighted by Gasteiger charge is 2.38. The standard InChI is InChI=1S/C21H32N2O2/c1-15-10-16(2)12-17(11-15)21(7-4-5-8-21)14-22-20(25)18-13-23(3)9-6-19(18)24/h10-12,18-19,24H,4-9,13-14H2,1-3H3,(H,22,25)/t18-,19-/m1/s1. The molecule has 2 atom stereocenters. The van der Waals surface area contributed by atoms with Crippen LogP contribution in [0.4, 0.5) is 0 Å². The van der Waals surface area contributed by atoms with E-state index in [1.54, 1.807) is 0 Å². The maximum Gasteiger partial charge on any atom is 0.227 e. The fourth-order valence-electron chi connectivity index (χ4n) is 4.65. The van der Waals surface area contributed by atoms with E-state index < -0.39 is 6.10 Å². The summed E-state index contributed by atoms with van der Waals surface area (Å²) < 4.78 is 0. The van der Waals surface area contributed by atoms with E-state index in [9.17, 15) is 9.90 Å². The zero-order chi connectivity index (χ0) is 18.0. The van der Waals surface area contributed by atoms with Gasteiger partial charge in [-0.25, -0.2) is 0 Å². The molecular formula is C21H32N2O2. The van der Waals surface area contributed by atoms with E-state index in [1.807, 2.05) is 7.05 Å². The highest BCUT2D eigenvalue weighted by Crippen LogP contribution is 2.41. The number of nitrogens with zero attached hydrogens (tertiary/aromatic N) is 1. The predicted molar refractivity (Wildman–Crippen MR) is 101 cm³/mol. The second kappa shape index (κ2) is 7.46. The Labute approximate surface area is 151 Å². The van der Waals surface area contributed by atoms with E-state index in [0.717, 1.165) is 19.4 Å². The van der Waals surface area contributed by atoms with Crippen molar-refractivity contribution >= 4 is 5.91 Å². The molecule has 1 aliphatic carbocycles. The number of aliphatic hydroxyl groups is 1. The number of aryl methyl sites for hydroxylation is 2. The molecule has 1 heterocycles. The Kier molecular flexibility index (Phi) is 5.49. The molecule has 4 nitrogen and oxygen atoms in total. The van der Waals surface area contributed by atoms with Gasteiger partial charge in [-0.15, -0.1) is 0 Å². The molecule has 25 heavy (non-hydrogen) atoms. The summed E-state index contributed by atoms with van der Waals surface area (Å²) in [7, 11) is 2.01. The molecule has 2 fully saturated rings. The second-order valence-electron chi connectivity index (χ2n) is 8.31. The Morgan fingerprint density at radius 2 is 1.88 bits per heavy atom. The van der Waals surface area contributed by atoms with Crippen molar-refractivity contribution in [1.82, 2.24) is 10.2 Å². The van der Waals surface area contributed by atoms with Gasteiger partial charge < -0.3 is 15.3 Å². The van der Waals surface area contributed by atoms with E-state index in [4.69, 9.17) is 0 Å². The number of piperidine rings is 1. The summed E-state index contributed by atoms with van der Waals surface area (Å²) >= 11 is 0. The zero-order valence-electron chi connectivity index (χ0n) is 15.8. The minimum absolute atomic E-state index is 0.00898. The van der Waals surface area contributed by atoms with E-state index in [2.05, 4.69) is 42.3 Å². The molecule has 0 bridgehead atoms. The first-order chi connectivity index (χ1) is 11.9. The zero-order valence-corrected chi connectivity index (χ0v) is 15.8. The smallest absolute Gasteiger partial charge is 0.227 e. The van der Waals surface area contributed by atoms with Crippen molar-refractivity contribution in [2.45, 2.75) is 57.5 Å². The summed E-state index contributed by atoms with van der Waals surface area (Å²) in [6.45, 7) is 6.47. The topological polar surface area (TPSA) is 52.6 Å². The summed E-state index contributed by atoms with van der Waals surface area (Å²) in [6, 6.07) is 6.78. The predicted octanol–water partition coefficient (Wildman–Crippen LogP) is 2.54. The van der Waals surface area contributed by atoms with Gasteiger partial charge in [-0.3, -0.25) is 4.79 Å². The Morgan fingerprint density at radius 3 is 2.52 bits per heavy atom. The Hall–Kier alpha value is -1.39. The maximum atomic E-state index is 12.7. The van der Waals surface area contributed by atoms with Crippen molar-refractivity contribution in [1.29, 1.82) is 0 Å². The molecule has 1 aromatic rings. The minimum Gasteiger partial charge on any atom is -0.392 e. The molecular weight excluding hydrogens is 312 g/mol. The molecule has 1 aliphatic heterocycles. The molecule has 0 unspecified atom stereocenters. The monoisotopic (exact) mass is 344 g/mol. The third kappa shape index (κ3) is 4.06. The van der Waals surface area contributed by atoms with Crippen LogP contribution < -0.4 is 5.32 Å². The Morgan fingerprint density at radius 1 is 1.24 bits per heavy atom. The summed E-state index contributed by atoms with van der Waals surface area (Å²) in [5.41, 5.74) is 4.00. The van der Waals surface area contributed by atoms with Gasteiger partial charge in [0.25, 0.3) is 0 Å². The lowest BCUT2D eigenvalue weighted by Gasteiger charge is -2.35. The van der Waals surface area contributed by atoms with Gasteiger partial charge >= 0.3 is 0 Å². The van der Waals surface area contributed by atoms with Gasteiger partial charge in [0, 0.05) is 25.0 Å². The van der Waals surface area contributed by atoms with E-state index in [1.165, 1.54) is 29.5 Å². The normalized spacial score (nSPS) is 26.6. The summed E-state index contributed by atoms with van der Waals surface area (Å²) in [5, 5.41) is 13.4. The first-order valence-electron chi connectivity index (χ1n) is 9.63. The van der Waals surface area contributed by atoms with Gasteiger partial charge in [0.05, 0.1) is 12.0 Å². The number of nitrogens with one attached hydrogen (secondary N) is 1. The number of aliphatic hydroxyl groups excluding tert-OH is 1. The van der Waals surface area contributed by atoms with Gasteiger partial charge in [-0.05, 0) is 45.7 Å². The van der Waals surface area contributed by atoms with Crippen molar-refractivity contribution in [3.63, 3.8) is 0 Å². The molecule has 1 aromatic carbocycles. The van der Waals surface area contributed by atoms with Gasteiger partial charge in [-0.2, -0.15) is 0 Å². The molecule has 0 spiro atoms. The van der Waals surface area contributed by atoms with Crippen molar-refractivity contribution in [2.24, 2.45) is 5.92 Å². The lowest BCUT2D eigenvalue weighted by Crippen LogP contribution is -2.50. The molecule has 4 heteroatoms. The molecule has 2 N–H and O–H groups in total. The largest absolute Gasteiger partial charge is 0.392 e. The first kappa shape index (κ1) is 18.4. The fourth-order valence-corrected chi connectivity index (χ4v) is 4.65. The lowest BCUT2D eigenvalue weighted by atomic mass is 9.77. The number of hydrogen-bond donors (Lipinski definition) is 2. The number of carbonyl (C=O) groups excluding carboxylic acids is 1. The average molecular weight is 344 g/mol. The van der Waals surface area contributed by atoms with Crippen molar-refractivity contribution in [3.05, 3.63) is 34.9 Å². The highest BCUT2D eigenvalue weighted by atomic mass is 16.3. The Bertz CT molecular complexity index is 602. The van der Waals surface area contributed by atoms with Crippen LogP contribution in [0.25, 0.3) is 0 Å². The van der Waals surface area contributed by atoms with Crippen LogP contribution in [0.15, 0.2) is 18.2 Å². The SMILES string of the molecule is Cc1cc(C)cc(C2(CNC(=O)[C@@H]3CN(C)CC[C@H]3O)CCCC2)c1. The van der Waals surface area contributed by atoms with Crippen molar-refractivity contribution in [3.8, 4) is 0 Å². The quantitative estimate of drug-likeness (QED) is 0.882. The van der Waals surface area contributed by atoms with Crippen LogP contribution in [-0.2, 0) is 10.2 Å². The van der Waals surface area contributed by atoms with Crippen LogP contribution in [0, 0.1) is 19.8 Å². The number of amides is 1. The fraction of sp³-hybridized carbons (Fsp3) is 0.667. The molecule has 2 aliphatic rings. The molecule has 1 amide bonds. The Balaban J connectivity index is 1.73. The molecule has 1 saturated heterocycles. The third-order valence-electron chi connectivity index (χ3n) is 6.11. The van der Waals surface area contributed by atoms with Crippen LogP contribution in [0.5, 0.6) is 0 Å². The van der Waals surface area contributed by atoms with Gasteiger partial charge in [-0.1, -0.05) is 42.2 Å². The lowest BCUT2D eigenvalue weighted by molar-refractivity contribution is -0.131. The van der Waals surface area contributed by atoms with E-state index >= 15 is 0 Å². The van der Waals surface area contributed by atoms with Gasteiger partial charge in [0.2, 0.25) is 5.91 Å². The second-order valence-corrected chi connectivity index (χ2v) is 8.31. The first-order valence-corrected chi connectivity index (χ1v) is 9.63. The average Bonchev–Trinajstić information content (AvgIpc) is 3.04. The molecule has 0 radical (unpaired) electrons. The number of likely N-dealkylation sites (tertiary alicyclic amines) is 1. The van der Waals surface area contributed by atoms with Crippen LogP contribution in [-0.4, -0.2) is 48.7 Å². The van der Waals surface area contributed by atoms with Crippen molar-refractivity contribution in [2.75, 3.05) is 26.7 Å². The summed E-state index contributed by atoms with van der Waals surface area (Å²) in [5.74, 6) is -0.300. The van der Waals surface area contributed by atoms with Crippen LogP contribution in [0.2, 0.25) is 0 Å². The van der Waals surface area contributed by atoms with Crippen molar-refractivity contribution < 1.29 is 9.90 Å². The molecule has 1 saturated carbocycles. The summed E-state index contributed by atoms with van der Waals surface area (Å²) in [4.78, 5) is 14.9. The van der Waals surface area contributed by atoms with Crippen LogP contribution in [0.3, 0.4) is 0 Å². The number of hydrogen-bond acceptors (Lipinski definition) is 3.